The number of carbonyl (C=O) groups is 1. The molecule has 0 saturated heterocycles. The Morgan fingerprint density at radius 1 is 1.11 bits per heavy atom. The topological polar surface area (TPSA) is 66.5 Å². The lowest BCUT2D eigenvalue weighted by molar-refractivity contribution is -0.121. The summed E-state index contributed by atoms with van der Waals surface area (Å²) >= 11 is 0. The Balaban J connectivity index is 1.92. The van der Waals surface area contributed by atoms with Crippen molar-refractivity contribution in [2.45, 2.75) is 39.7 Å². The first-order valence-electron chi connectivity index (χ1n) is 9.08. The summed E-state index contributed by atoms with van der Waals surface area (Å²) in [6.07, 6.45) is 1.91. The van der Waals surface area contributed by atoms with Crippen LogP contribution in [-0.4, -0.2) is 27.1 Å². The first-order chi connectivity index (χ1) is 12.7. The molecule has 1 N–H and O–H groups in total. The van der Waals surface area contributed by atoms with Gasteiger partial charge in [-0.3, -0.25) is 9.10 Å². The molecule has 2 rings (SSSR count). The van der Waals surface area contributed by atoms with Crippen molar-refractivity contribution in [1.82, 2.24) is 5.32 Å². The van der Waals surface area contributed by atoms with Crippen molar-refractivity contribution in [3.8, 4) is 0 Å². The van der Waals surface area contributed by atoms with E-state index in [4.69, 9.17) is 0 Å². The van der Waals surface area contributed by atoms with Gasteiger partial charge in [0.15, 0.2) is 0 Å². The molecular formula is C21H28N2O3S. The van der Waals surface area contributed by atoms with Gasteiger partial charge in [-0.25, -0.2) is 8.42 Å². The standard InChI is InChI=1S/C21H28N2O3S/c1-16-12-13-20(17(2)15-16)18(3)22-21(24)11-8-14-23(27(4,25)26)19-9-6-5-7-10-19/h5-7,9-10,12-13,15,18H,8,11,14H2,1-4H3,(H,22,24)/t18-/m1/s1. The van der Waals surface area contributed by atoms with Crippen molar-refractivity contribution >= 4 is 21.6 Å². The minimum absolute atomic E-state index is 0.0796. The van der Waals surface area contributed by atoms with Crippen molar-refractivity contribution in [2.24, 2.45) is 0 Å². The third-order valence-corrected chi connectivity index (χ3v) is 5.67. The second kappa shape index (κ2) is 9.04. The van der Waals surface area contributed by atoms with E-state index in [1.54, 1.807) is 24.3 Å². The fourth-order valence-electron chi connectivity index (χ4n) is 3.17. The van der Waals surface area contributed by atoms with Crippen LogP contribution in [0.5, 0.6) is 0 Å². The van der Waals surface area contributed by atoms with Crippen LogP contribution in [0.2, 0.25) is 0 Å². The molecule has 0 aromatic heterocycles. The monoisotopic (exact) mass is 388 g/mol. The minimum Gasteiger partial charge on any atom is -0.350 e. The van der Waals surface area contributed by atoms with Crippen LogP contribution in [0.3, 0.4) is 0 Å². The first kappa shape index (κ1) is 21.0. The molecule has 0 aliphatic carbocycles. The molecule has 0 aliphatic rings. The number of hydrogen-bond donors (Lipinski definition) is 1. The van der Waals surface area contributed by atoms with E-state index in [0.29, 0.717) is 12.1 Å². The fourth-order valence-corrected chi connectivity index (χ4v) is 4.13. The summed E-state index contributed by atoms with van der Waals surface area (Å²) in [5.74, 6) is -0.0796. The molecular weight excluding hydrogens is 360 g/mol. The van der Waals surface area contributed by atoms with Crippen molar-refractivity contribution < 1.29 is 13.2 Å². The largest absolute Gasteiger partial charge is 0.350 e. The number of aryl methyl sites for hydroxylation is 2. The minimum atomic E-state index is -3.39. The maximum Gasteiger partial charge on any atom is 0.232 e. The molecule has 0 saturated carbocycles. The summed E-state index contributed by atoms with van der Waals surface area (Å²) in [6.45, 7) is 6.31. The molecule has 0 radical (unpaired) electrons. The fraction of sp³-hybridized carbons (Fsp3) is 0.381. The number of hydrogen-bond acceptors (Lipinski definition) is 3. The number of benzene rings is 2. The summed E-state index contributed by atoms with van der Waals surface area (Å²) in [6, 6.07) is 15.0. The third kappa shape index (κ3) is 6.10. The van der Waals surface area contributed by atoms with E-state index >= 15 is 0 Å². The molecule has 0 fully saturated rings. The summed E-state index contributed by atoms with van der Waals surface area (Å²) in [5, 5.41) is 3.00. The lowest BCUT2D eigenvalue weighted by Crippen LogP contribution is -2.32. The van der Waals surface area contributed by atoms with Crippen molar-refractivity contribution in [3.63, 3.8) is 0 Å². The van der Waals surface area contributed by atoms with Gasteiger partial charge in [0.05, 0.1) is 18.0 Å². The van der Waals surface area contributed by atoms with Gasteiger partial charge in [-0.05, 0) is 50.5 Å². The zero-order chi connectivity index (χ0) is 20.0. The van der Waals surface area contributed by atoms with Crippen molar-refractivity contribution in [1.29, 1.82) is 0 Å². The predicted octanol–water partition coefficient (Wildman–Crippen LogP) is 3.73. The molecule has 1 atom stereocenters. The lowest BCUT2D eigenvalue weighted by Gasteiger charge is -2.22. The zero-order valence-electron chi connectivity index (χ0n) is 16.4. The van der Waals surface area contributed by atoms with E-state index in [9.17, 15) is 13.2 Å². The van der Waals surface area contributed by atoms with Crippen molar-refractivity contribution in [2.75, 3.05) is 17.1 Å². The van der Waals surface area contributed by atoms with Gasteiger partial charge in [-0.1, -0.05) is 42.0 Å². The predicted molar refractivity (Wildman–Crippen MR) is 110 cm³/mol. The van der Waals surface area contributed by atoms with Crippen LogP contribution in [0.4, 0.5) is 5.69 Å². The Hall–Kier alpha value is -2.34. The number of amides is 1. The lowest BCUT2D eigenvalue weighted by atomic mass is 10.00. The Labute approximate surface area is 162 Å². The highest BCUT2D eigenvalue weighted by Crippen LogP contribution is 2.20. The Bertz CT molecular complexity index is 880. The highest BCUT2D eigenvalue weighted by Gasteiger charge is 2.18. The molecule has 27 heavy (non-hydrogen) atoms. The van der Waals surface area contributed by atoms with E-state index in [1.807, 2.05) is 39.0 Å². The maximum atomic E-state index is 12.3. The van der Waals surface area contributed by atoms with Gasteiger partial charge in [0, 0.05) is 13.0 Å². The van der Waals surface area contributed by atoms with E-state index in [1.165, 1.54) is 16.1 Å². The van der Waals surface area contributed by atoms with Crippen LogP contribution in [0.15, 0.2) is 48.5 Å². The van der Waals surface area contributed by atoms with Gasteiger partial charge in [-0.2, -0.15) is 0 Å². The highest BCUT2D eigenvalue weighted by molar-refractivity contribution is 7.92. The first-order valence-corrected chi connectivity index (χ1v) is 10.9. The van der Waals surface area contributed by atoms with Crippen LogP contribution in [0, 0.1) is 13.8 Å². The molecule has 6 heteroatoms. The highest BCUT2D eigenvalue weighted by atomic mass is 32.2. The number of anilines is 1. The molecule has 0 unspecified atom stereocenters. The van der Waals surface area contributed by atoms with E-state index in [0.717, 1.165) is 11.1 Å². The molecule has 2 aromatic rings. The molecule has 2 aromatic carbocycles. The average molecular weight is 389 g/mol. The number of nitrogens with one attached hydrogen (secondary N) is 1. The van der Waals surface area contributed by atoms with Crippen LogP contribution < -0.4 is 9.62 Å². The van der Waals surface area contributed by atoms with Crippen LogP contribution in [-0.2, 0) is 14.8 Å². The average Bonchev–Trinajstić information content (AvgIpc) is 2.58. The van der Waals surface area contributed by atoms with E-state index < -0.39 is 10.0 Å². The Morgan fingerprint density at radius 2 is 1.78 bits per heavy atom. The van der Waals surface area contributed by atoms with Gasteiger partial charge < -0.3 is 5.32 Å². The molecule has 0 heterocycles. The van der Waals surface area contributed by atoms with Gasteiger partial charge in [-0.15, -0.1) is 0 Å². The second-order valence-corrected chi connectivity index (χ2v) is 8.83. The normalized spacial score (nSPS) is 12.4. The van der Waals surface area contributed by atoms with E-state index in [-0.39, 0.29) is 24.9 Å². The molecule has 1 amide bonds. The quantitative estimate of drug-likeness (QED) is 0.749. The van der Waals surface area contributed by atoms with Crippen LogP contribution in [0.25, 0.3) is 0 Å². The van der Waals surface area contributed by atoms with Gasteiger partial charge >= 0.3 is 0 Å². The van der Waals surface area contributed by atoms with Gasteiger partial charge in [0.2, 0.25) is 15.9 Å². The number of carbonyl (C=O) groups excluding carboxylic acids is 1. The molecule has 146 valence electrons. The molecule has 5 nitrogen and oxygen atoms in total. The maximum absolute atomic E-state index is 12.3. The number of rotatable bonds is 8. The Kier molecular flexibility index (Phi) is 7.02. The second-order valence-electron chi connectivity index (χ2n) is 6.92. The summed E-state index contributed by atoms with van der Waals surface area (Å²) in [7, 11) is -3.39. The van der Waals surface area contributed by atoms with Crippen LogP contribution >= 0.6 is 0 Å². The molecule has 0 aliphatic heterocycles. The van der Waals surface area contributed by atoms with E-state index in [2.05, 4.69) is 11.4 Å². The van der Waals surface area contributed by atoms with Crippen molar-refractivity contribution in [3.05, 3.63) is 65.2 Å². The summed E-state index contributed by atoms with van der Waals surface area (Å²) < 4.78 is 25.5. The SMILES string of the molecule is Cc1ccc([C@@H](C)NC(=O)CCCN(c2ccccc2)S(C)(=O)=O)c(C)c1. The molecule has 0 spiro atoms. The summed E-state index contributed by atoms with van der Waals surface area (Å²) in [4.78, 5) is 12.3. The zero-order valence-corrected chi connectivity index (χ0v) is 17.2. The van der Waals surface area contributed by atoms with Crippen LogP contribution in [0.1, 0.15) is 42.5 Å². The third-order valence-electron chi connectivity index (χ3n) is 4.48. The molecule has 0 bridgehead atoms. The number of nitrogens with zero attached hydrogens (tertiary/aromatic N) is 1. The number of sulfonamides is 1. The Morgan fingerprint density at radius 3 is 2.37 bits per heavy atom. The number of para-hydroxylation sites is 1. The summed E-state index contributed by atoms with van der Waals surface area (Å²) in [5.41, 5.74) is 4.05. The van der Waals surface area contributed by atoms with Gasteiger partial charge in [0.25, 0.3) is 0 Å². The van der Waals surface area contributed by atoms with Gasteiger partial charge in [0.1, 0.15) is 0 Å². The smallest absolute Gasteiger partial charge is 0.232 e.